The number of hydrogen-bond acceptors (Lipinski definition) is 3. The summed E-state index contributed by atoms with van der Waals surface area (Å²) in [4.78, 5) is 11.5. The summed E-state index contributed by atoms with van der Waals surface area (Å²) >= 11 is 6.19. The van der Waals surface area contributed by atoms with E-state index >= 15 is 0 Å². The molecule has 1 aromatic carbocycles. The molecule has 1 aliphatic carbocycles. The molecule has 0 bridgehead atoms. The topological polar surface area (TPSA) is 39.4 Å². The Bertz CT molecular complexity index is 785. The third kappa shape index (κ3) is 3.05. The lowest BCUT2D eigenvalue weighted by Gasteiger charge is -2.27. The summed E-state index contributed by atoms with van der Waals surface area (Å²) in [5.74, 6) is 0.712. The highest BCUT2D eigenvalue weighted by atomic mass is 35.5. The molecule has 1 aromatic heterocycles. The van der Waals surface area contributed by atoms with E-state index < -0.39 is 0 Å². The molecular weight excluding hydrogens is 300 g/mol. The van der Waals surface area contributed by atoms with E-state index in [9.17, 15) is 4.79 Å². The van der Waals surface area contributed by atoms with Gasteiger partial charge in [0.05, 0.1) is 0 Å². The first kappa shape index (κ1) is 15.2. The third-order valence-electron chi connectivity index (χ3n) is 4.19. The molecule has 3 rings (SSSR count). The fraction of sp³-hybridized carbons (Fsp3) is 0.389. The fourth-order valence-electron chi connectivity index (χ4n) is 3.05. The first-order valence-electron chi connectivity index (χ1n) is 7.61. The second-order valence-electron chi connectivity index (χ2n) is 5.82. The predicted octanol–water partition coefficient (Wildman–Crippen LogP) is 4.94. The lowest BCUT2D eigenvalue weighted by Crippen LogP contribution is -2.23. The van der Waals surface area contributed by atoms with Crippen LogP contribution in [0.3, 0.4) is 0 Å². The zero-order valence-corrected chi connectivity index (χ0v) is 13.6. The second kappa shape index (κ2) is 6.17. The van der Waals surface area contributed by atoms with Gasteiger partial charge in [-0.1, -0.05) is 11.6 Å². The second-order valence-corrected chi connectivity index (χ2v) is 6.38. The summed E-state index contributed by atoms with van der Waals surface area (Å²) in [5, 5.41) is 1.76. The molecule has 2 aromatic rings. The summed E-state index contributed by atoms with van der Waals surface area (Å²) in [6.45, 7) is 3.82. The van der Waals surface area contributed by atoms with Crippen LogP contribution in [-0.2, 0) is 0 Å². The Morgan fingerprint density at radius 1 is 1.32 bits per heavy atom. The molecule has 1 aliphatic rings. The van der Waals surface area contributed by atoms with Gasteiger partial charge in [-0.05, 0) is 62.8 Å². The van der Waals surface area contributed by atoms with Crippen molar-refractivity contribution >= 4 is 22.6 Å². The van der Waals surface area contributed by atoms with Crippen molar-refractivity contribution in [1.29, 1.82) is 0 Å². The molecule has 1 unspecified atom stereocenters. The van der Waals surface area contributed by atoms with Crippen LogP contribution < -0.4 is 10.4 Å². The molecule has 22 heavy (non-hydrogen) atoms. The van der Waals surface area contributed by atoms with Crippen LogP contribution in [0, 0.1) is 6.92 Å². The summed E-state index contributed by atoms with van der Waals surface area (Å²) in [6, 6.07) is 7.15. The van der Waals surface area contributed by atoms with Crippen molar-refractivity contribution in [2.75, 3.05) is 0 Å². The Balaban J connectivity index is 1.94. The maximum atomic E-state index is 11.5. The molecule has 0 amide bonds. The van der Waals surface area contributed by atoms with Crippen LogP contribution in [0.5, 0.6) is 5.75 Å². The molecule has 3 nitrogen and oxygen atoms in total. The fourth-order valence-corrected chi connectivity index (χ4v) is 3.26. The van der Waals surface area contributed by atoms with Crippen LogP contribution >= 0.6 is 11.6 Å². The van der Waals surface area contributed by atoms with Gasteiger partial charge in [0.1, 0.15) is 17.4 Å². The van der Waals surface area contributed by atoms with Crippen LogP contribution in [-0.4, -0.2) is 6.10 Å². The minimum absolute atomic E-state index is 0.0141. The van der Waals surface area contributed by atoms with E-state index in [1.165, 1.54) is 11.6 Å². The average molecular weight is 319 g/mol. The van der Waals surface area contributed by atoms with Gasteiger partial charge in [-0.2, -0.15) is 0 Å². The summed E-state index contributed by atoms with van der Waals surface area (Å²) in [7, 11) is 0. The Labute approximate surface area is 134 Å². The first-order chi connectivity index (χ1) is 10.5. The normalized spacial score (nSPS) is 21.0. The van der Waals surface area contributed by atoms with E-state index in [2.05, 4.69) is 0 Å². The average Bonchev–Trinajstić information content (AvgIpc) is 2.47. The van der Waals surface area contributed by atoms with E-state index in [1.54, 1.807) is 6.07 Å². The number of allylic oxidation sites excluding steroid dienone is 1. The van der Waals surface area contributed by atoms with Crippen molar-refractivity contribution in [3.05, 3.63) is 50.9 Å². The van der Waals surface area contributed by atoms with Crippen molar-refractivity contribution < 1.29 is 9.15 Å². The van der Waals surface area contributed by atoms with Crippen molar-refractivity contribution in [2.45, 2.75) is 45.6 Å². The highest BCUT2D eigenvalue weighted by Gasteiger charge is 2.22. The van der Waals surface area contributed by atoms with Crippen LogP contribution in [0.15, 0.2) is 44.1 Å². The maximum Gasteiger partial charge on any atom is 0.336 e. The standard InChI is InChI=1S/C18H19ClO3/c1-11-9-18(20)22-17-10-13(7-8-14(11)17)21-16-6-4-3-5-15(16)12(2)19/h7-10,16H,3-6H2,1-2H3/b15-12+. The molecule has 1 saturated carbocycles. The van der Waals surface area contributed by atoms with Gasteiger partial charge in [0.2, 0.25) is 0 Å². The molecule has 4 heteroatoms. The van der Waals surface area contributed by atoms with Gasteiger partial charge in [-0.3, -0.25) is 0 Å². The Hall–Kier alpha value is -1.74. The van der Waals surface area contributed by atoms with Gasteiger partial charge in [0, 0.05) is 22.6 Å². The smallest absolute Gasteiger partial charge is 0.336 e. The van der Waals surface area contributed by atoms with Crippen molar-refractivity contribution in [3.63, 3.8) is 0 Å². The van der Waals surface area contributed by atoms with Gasteiger partial charge >= 0.3 is 5.63 Å². The highest BCUT2D eigenvalue weighted by Crippen LogP contribution is 2.32. The van der Waals surface area contributed by atoms with E-state index in [-0.39, 0.29) is 11.7 Å². The van der Waals surface area contributed by atoms with Crippen molar-refractivity contribution in [2.24, 2.45) is 0 Å². The van der Waals surface area contributed by atoms with E-state index in [0.717, 1.165) is 41.7 Å². The summed E-state index contributed by atoms with van der Waals surface area (Å²) < 4.78 is 11.4. The Morgan fingerprint density at radius 3 is 2.91 bits per heavy atom. The van der Waals surface area contributed by atoms with Gasteiger partial charge in [-0.25, -0.2) is 4.79 Å². The number of rotatable bonds is 2. The molecule has 1 atom stereocenters. The number of ether oxygens (including phenoxy) is 1. The van der Waals surface area contributed by atoms with Gasteiger partial charge in [0.15, 0.2) is 0 Å². The summed E-state index contributed by atoms with van der Waals surface area (Å²) in [6.07, 6.45) is 4.27. The SMILES string of the molecule is C/C(Cl)=C1/CCCCC1Oc1ccc2c(C)cc(=O)oc2c1. The highest BCUT2D eigenvalue weighted by molar-refractivity contribution is 6.29. The van der Waals surface area contributed by atoms with E-state index in [1.807, 2.05) is 26.0 Å². The molecular formula is C18H19ClO3. The lowest BCUT2D eigenvalue weighted by atomic mass is 9.91. The zero-order chi connectivity index (χ0) is 15.7. The quantitative estimate of drug-likeness (QED) is 0.736. The molecule has 1 heterocycles. The number of benzene rings is 1. The van der Waals surface area contributed by atoms with E-state index in [0.29, 0.717) is 11.3 Å². The molecule has 0 saturated heterocycles. The number of halogens is 1. The van der Waals surface area contributed by atoms with Gasteiger partial charge < -0.3 is 9.15 Å². The Morgan fingerprint density at radius 2 is 2.14 bits per heavy atom. The van der Waals surface area contributed by atoms with Crippen LogP contribution in [0.2, 0.25) is 0 Å². The molecule has 0 radical (unpaired) electrons. The number of fused-ring (bicyclic) bond motifs is 1. The monoisotopic (exact) mass is 318 g/mol. The third-order valence-corrected chi connectivity index (χ3v) is 4.44. The van der Waals surface area contributed by atoms with Crippen LogP contribution in [0.25, 0.3) is 11.0 Å². The van der Waals surface area contributed by atoms with Crippen molar-refractivity contribution in [1.82, 2.24) is 0 Å². The van der Waals surface area contributed by atoms with Crippen LogP contribution in [0.4, 0.5) is 0 Å². The molecule has 116 valence electrons. The first-order valence-corrected chi connectivity index (χ1v) is 7.99. The number of aryl methyl sites for hydroxylation is 1. The molecule has 1 fully saturated rings. The molecule has 0 N–H and O–H groups in total. The zero-order valence-electron chi connectivity index (χ0n) is 12.8. The van der Waals surface area contributed by atoms with Crippen LogP contribution in [0.1, 0.15) is 38.2 Å². The van der Waals surface area contributed by atoms with Crippen molar-refractivity contribution in [3.8, 4) is 5.75 Å². The minimum atomic E-state index is -0.336. The molecule has 0 aliphatic heterocycles. The number of hydrogen-bond donors (Lipinski definition) is 0. The molecule has 0 spiro atoms. The van der Waals surface area contributed by atoms with Gasteiger partial charge in [-0.15, -0.1) is 0 Å². The Kier molecular flexibility index (Phi) is 4.25. The largest absolute Gasteiger partial charge is 0.486 e. The lowest BCUT2D eigenvalue weighted by molar-refractivity contribution is 0.203. The summed E-state index contributed by atoms with van der Waals surface area (Å²) in [5.41, 5.74) is 2.31. The van der Waals surface area contributed by atoms with Gasteiger partial charge in [0.25, 0.3) is 0 Å². The minimum Gasteiger partial charge on any atom is -0.486 e. The maximum absolute atomic E-state index is 11.5. The predicted molar refractivity (Wildman–Crippen MR) is 88.7 cm³/mol. The van der Waals surface area contributed by atoms with E-state index in [4.69, 9.17) is 20.8 Å².